The fourth-order valence-electron chi connectivity index (χ4n) is 3.82. The first kappa shape index (κ1) is 33.4. The van der Waals surface area contributed by atoms with Crippen LogP contribution in [0.2, 0.25) is 10.0 Å². The second-order valence-electron chi connectivity index (χ2n) is 9.00. The van der Waals surface area contributed by atoms with Gasteiger partial charge in [-0.25, -0.2) is 0 Å². The maximum atomic E-state index is 11.0. The largest absolute Gasteiger partial charge is 0.497 e. The molecule has 4 aromatic carbocycles. The molecule has 41 heavy (non-hydrogen) atoms. The van der Waals surface area contributed by atoms with Gasteiger partial charge in [0.2, 0.25) is 0 Å². The molecule has 0 saturated carbocycles. The maximum absolute atomic E-state index is 11.0. The number of carbonyl (C=O) groups excluding carboxylic acids is 1. The zero-order valence-electron chi connectivity index (χ0n) is 23.1. The van der Waals surface area contributed by atoms with Crippen molar-refractivity contribution in [3.05, 3.63) is 127 Å². The van der Waals surface area contributed by atoms with E-state index in [1.54, 1.807) is 20.3 Å². The van der Waals surface area contributed by atoms with E-state index in [0.29, 0.717) is 10.6 Å². The fraction of sp³-hybridized carbons (Fsp3) is 0.242. The lowest BCUT2D eigenvalue weighted by atomic mass is 10.1. The second-order valence-corrected chi connectivity index (χ2v) is 12.9. The number of hydrogen-bond acceptors (Lipinski definition) is 5. The van der Waals surface area contributed by atoms with Crippen LogP contribution in [0.25, 0.3) is 0 Å². The summed E-state index contributed by atoms with van der Waals surface area (Å²) in [5, 5.41) is 1.37. The second kappa shape index (κ2) is 18.4. The molecule has 216 valence electrons. The summed E-state index contributed by atoms with van der Waals surface area (Å²) in [6, 6.07) is 27.8. The van der Waals surface area contributed by atoms with Gasteiger partial charge >= 0.3 is 0 Å². The van der Waals surface area contributed by atoms with E-state index in [1.165, 1.54) is 16.7 Å². The predicted molar refractivity (Wildman–Crippen MR) is 182 cm³/mol. The molecule has 3 nitrogen and oxygen atoms in total. The number of benzene rings is 4. The van der Waals surface area contributed by atoms with Gasteiger partial charge in [0.1, 0.15) is 17.8 Å². The molecular formula is C33H33BrCl2O3S2. The summed E-state index contributed by atoms with van der Waals surface area (Å²) < 4.78 is 11.4. The Morgan fingerprint density at radius 3 is 1.61 bits per heavy atom. The van der Waals surface area contributed by atoms with Gasteiger partial charge in [-0.15, -0.1) is 0 Å². The molecule has 0 heterocycles. The van der Waals surface area contributed by atoms with Crippen molar-refractivity contribution in [1.29, 1.82) is 0 Å². The highest BCUT2D eigenvalue weighted by atomic mass is 79.9. The van der Waals surface area contributed by atoms with Gasteiger partial charge in [-0.1, -0.05) is 75.5 Å². The fourth-order valence-corrected chi connectivity index (χ4v) is 6.75. The van der Waals surface area contributed by atoms with E-state index in [-0.39, 0.29) is 0 Å². The molecule has 0 aliphatic rings. The molecule has 0 unspecified atom stereocenters. The van der Waals surface area contributed by atoms with Crippen LogP contribution in [0.3, 0.4) is 0 Å². The maximum Gasteiger partial charge on any atom is 0.150 e. The van der Waals surface area contributed by atoms with E-state index in [1.807, 2.05) is 72.1 Å². The molecule has 0 amide bonds. The van der Waals surface area contributed by atoms with E-state index >= 15 is 0 Å². The molecule has 0 aromatic heterocycles. The van der Waals surface area contributed by atoms with Gasteiger partial charge in [-0.2, -0.15) is 23.5 Å². The number of aryl methyl sites for hydroxylation is 2. The van der Waals surface area contributed by atoms with Crippen molar-refractivity contribution < 1.29 is 14.3 Å². The minimum atomic E-state index is 0.603. The Labute approximate surface area is 270 Å². The topological polar surface area (TPSA) is 35.5 Å². The van der Waals surface area contributed by atoms with Crippen LogP contribution in [0, 0.1) is 0 Å². The van der Waals surface area contributed by atoms with Crippen LogP contribution >= 0.6 is 62.7 Å². The van der Waals surface area contributed by atoms with E-state index < -0.39 is 0 Å². The first-order valence-corrected chi connectivity index (χ1v) is 16.9. The van der Waals surface area contributed by atoms with Crippen molar-refractivity contribution in [2.24, 2.45) is 0 Å². The van der Waals surface area contributed by atoms with Crippen molar-refractivity contribution in [1.82, 2.24) is 0 Å². The average molecular weight is 693 g/mol. The van der Waals surface area contributed by atoms with Gasteiger partial charge in [0.05, 0.1) is 14.2 Å². The number of aldehydes is 1. The lowest BCUT2D eigenvalue weighted by Gasteiger charge is -2.06. The molecule has 0 spiro atoms. The van der Waals surface area contributed by atoms with E-state index in [0.717, 1.165) is 68.7 Å². The van der Waals surface area contributed by atoms with Gasteiger partial charge in [0.15, 0.2) is 0 Å². The van der Waals surface area contributed by atoms with Gasteiger partial charge < -0.3 is 9.47 Å². The molecule has 4 aromatic rings. The van der Waals surface area contributed by atoms with Crippen LogP contribution in [0.4, 0.5) is 0 Å². The average Bonchev–Trinajstić information content (AvgIpc) is 3.00. The van der Waals surface area contributed by atoms with E-state index in [9.17, 15) is 4.79 Å². The van der Waals surface area contributed by atoms with Crippen LogP contribution in [0.5, 0.6) is 11.5 Å². The lowest BCUT2D eigenvalue weighted by molar-refractivity contribution is 0.112. The van der Waals surface area contributed by atoms with Crippen LogP contribution in [0.1, 0.15) is 32.6 Å². The van der Waals surface area contributed by atoms with Crippen LogP contribution in [-0.2, 0) is 24.3 Å². The quantitative estimate of drug-likeness (QED) is 0.103. The minimum Gasteiger partial charge on any atom is -0.497 e. The zero-order chi connectivity index (χ0) is 29.5. The minimum absolute atomic E-state index is 0.603. The summed E-state index contributed by atoms with van der Waals surface area (Å²) in [4.78, 5) is 11.0. The van der Waals surface area contributed by atoms with Crippen molar-refractivity contribution >= 4 is 68.9 Å². The van der Waals surface area contributed by atoms with Crippen LogP contribution < -0.4 is 9.47 Å². The van der Waals surface area contributed by atoms with E-state index in [4.69, 9.17) is 32.7 Å². The predicted octanol–water partition coefficient (Wildman–Crippen LogP) is 10.2. The van der Waals surface area contributed by atoms with Gasteiger partial charge in [0.25, 0.3) is 0 Å². The zero-order valence-corrected chi connectivity index (χ0v) is 27.8. The molecular weight excluding hydrogens is 659 g/mol. The number of hydrogen-bond donors (Lipinski definition) is 0. The Morgan fingerprint density at radius 1 is 0.683 bits per heavy atom. The summed E-state index contributed by atoms with van der Waals surface area (Å²) in [6.45, 7) is 0. The summed E-state index contributed by atoms with van der Waals surface area (Å²) in [5.41, 5.74) is 5.64. The first-order valence-electron chi connectivity index (χ1n) is 13.0. The SMILES string of the molecule is COc1ccc(CSCCc2ccc(Cl)cc2Br)cc1.COc1ccc(CSCCc2ccc(Cl)cc2C=O)cc1. The third kappa shape index (κ3) is 12.0. The highest BCUT2D eigenvalue weighted by molar-refractivity contribution is 9.10. The van der Waals surface area contributed by atoms with Crippen molar-refractivity contribution in [2.75, 3.05) is 25.7 Å². The standard InChI is InChI=1S/C17H17ClO2S.C16H16BrClOS/c1-20-17-6-2-13(3-7-17)12-21-9-8-14-4-5-16(18)10-15(14)11-19;1-19-15-6-2-12(3-7-15)11-20-9-8-13-4-5-14(18)10-16(13)17/h2-7,10-11H,8-9,12H2,1H3;2-7,10H,8-9,11H2,1H3. The number of rotatable bonds is 13. The Kier molecular flexibility index (Phi) is 15.0. The molecule has 4 rings (SSSR count). The molecule has 0 aliphatic carbocycles. The summed E-state index contributed by atoms with van der Waals surface area (Å²) in [6.07, 6.45) is 2.78. The number of thioether (sulfide) groups is 2. The number of halogens is 3. The Bertz CT molecular complexity index is 1370. The van der Waals surface area contributed by atoms with Gasteiger partial charge in [-0.3, -0.25) is 4.79 Å². The lowest BCUT2D eigenvalue weighted by Crippen LogP contribution is -1.95. The Hall–Kier alpha value is -2.09. The van der Waals surface area contributed by atoms with Gasteiger partial charge in [0, 0.05) is 31.6 Å². The van der Waals surface area contributed by atoms with E-state index in [2.05, 4.69) is 46.3 Å². The molecule has 0 radical (unpaired) electrons. The first-order chi connectivity index (χ1) is 19.9. The summed E-state index contributed by atoms with van der Waals surface area (Å²) in [7, 11) is 3.36. The molecule has 0 bridgehead atoms. The Balaban J connectivity index is 0.000000226. The Morgan fingerprint density at radius 2 is 1.15 bits per heavy atom. The third-order valence-corrected chi connectivity index (χ3v) is 9.41. The number of carbonyl (C=O) groups is 1. The molecule has 8 heteroatoms. The highest BCUT2D eigenvalue weighted by Crippen LogP contribution is 2.24. The molecule has 0 fully saturated rings. The highest BCUT2D eigenvalue weighted by Gasteiger charge is 2.04. The molecule has 0 atom stereocenters. The van der Waals surface area contributed by atoms with Crippen molar-refractivity contribution in [3.8, 4) is 11.5 Å². The van der Waals surface area contributed by atoms with Crippen LogP contribution in [0.15, 0.2) is 89.4 Å². The van der Waals surface area contributed by atoms with Crippen LogP contribution in [-0.4, -0.2) is 32.0 Å². The van der Waals surface area contributed by atoms with Crippen molar-refractivity contribution in [3.63, 3.8) is 0 Å². The summed E-state index contributed by atoms with van der Waals surface area (Å²) in [5.74, 6) is 5.81. The normalized spacial score (nSPS) is 10.5. The van der Waals surface area contributed by atoms with Gasteiger partial charge in [-0.05, 0) is 95.1 Å². The third-order valence-electron chi connectivity index (χ3n) is 6.14. The smallest absolute Gasteiger partial charge is 0.150 e. The number of methoxy groups -OCH3 is 2. The molecule has 0 N–H and O–H groups in total. The molecule has 0 aliphatic heterocycles. The monoisotopic (exact) mass is 690 g/mol. The molecule has 0 saturated heterocycles. The number of ether oxygens (including phenoxy) is 2. The summed E-state index contributed by atoms with van der Waals surface area (Å²) >= 11 is 19.2. The van der Waals surface area contributed by atoms with Crippen molar-refractivity contribution in [2.45, 2.75) is 24.3 Å².